The van der Waals surface area contributed by atoms with Crippen LogP contribution in [-0.4, -0.2) is 0 Å². The van der Waals surface area contributed by atoms with Crippen LogP contribution in [0.15, 0.2) is 12.2 Å². The number of hydrogen-bond acceptors (Lipinski definition) is 0. The Bertz CT molecular complexity index is 103. The maximum Gasteiger partial charge on any atom is 0.00328 e. The van der Waals surface area contributed by atoms with Gasteiger partial charge in [0.05, 0.1) is 0 Å². The monoisotopic (exact) mass is 90.0 g/mol. The van der Waals surface area contributed by atoms with Crippen LogP contribution in [0.1, 0.15) is 6.42 Å². The van der Waals surface area contributed by atoms with Crippen molar-refractivity contribution in [2.45, 2.75) is 6.42 Å². The summed E-state index contributed by atoms with van der Waals surface area (Å²) in [4.78, 5) is 0. The molecule has 2 unspecified atom stereocenters. The molecule has 0 spiro atoms. The van der Waals surface area contributed by atoms with Gasteiger partial charge in [-0.25, -0.2) is 0 Å². The first-order valence-corrected chi connectivity index (χ1v) is 2.64. The van der Waals surface area contributed by atoms with Gasteiger partial charge in [-0.2, -0.15) is 0 Å². The molecular weight excluding hydrogens is 84.1 g/mol. The molecule has 0 saturated heterocycles. The predicted molar refractivity (Wildman–Crippen MR) is 27.2 cm³/mol. The van der Waals surface area contributed by atoms with Crippen molar-refractivity contribution in [1.29, 1.82) is 0 Å². The maximum absolute atomic E-state index is 3.21. The van der Waals surface area contributed by atoms with Crippen molar-refractivity contribution >= 4 is 0 Å². The summed E-state index contributed by atoms with van der Waals surface area (Å²) in [5, 5.41) is 0. The third kappa shape index (κ3) is 0.365. The summed E-state index contributed by atoms with van der Waals surface area (Å²) in [6.45, 7) is 0. The SMILES string of the molecule is [C]1=CC2[C]=CC1C2. The summed E-state index contributed by atoms with van der Waals surface area (Å²) >= 11 is 0. The normalized spacial score (nSPS) is 43.4. The molecule has 0 N–H and O–H groups in total. The summed E-state index contributed by atoms with van der Waals surface area (Å²) in [5.41, 5.74) is 0. The molecule has 0 aromatic heterocycles. The maximum atomic E-state index is 3.21. The second kappa shape index (κ2) is 1.00. The van der Waals surface area contributed by atoms with Crippen LogP contribution >= 0.6 is 0 Å². The Hall–Kier alpha value is -0.520. The molecule has 0 heteroatoms. The molecule has 2 atom stereocenters. The molecule has 0 saturated carbocycles. The van der Waals surface area contributed by atoms with Gasteiger partial charge in [-0.3, -0.25) is 0 Å². The zero-order chi connectivity index (χ0) is 4.69. The highest BCUT2D eigenvalue weighted by atomic mass is 14.2. The van der Waals surface area contributed by atoms with Gasteiger partial charge in [0.2, 0.25) is 0 Å². The molecule has 0 heterocycles. The summed E-state index contributed by atoms with van der Waals surface area (Å²) < 4.78 is 0. The van der Waals surface area contributed by atoms with Crippen LogP contribution in [-0.2, 0) is 0 Å². The third-order valence-corrected chi connectivity index (χ3v) is 1.53. The van der Waals surface area contributed by atoms with E-state index in [0.717, 1.165) is 0 Å². The molecule has 34 valence electrons. The molecule has 2 aliphatic carbocycles. The molecule has 2 aliphatic rings. The van der Waals surface area contributed by atoms with E-state index in [2.05, 4.69) is 24.3 Å². The zero-order valence-corrected chi connectivity index (χ0v) is 4.02. The molecule has 0 aliphatic heterocycles. The van der Waals surface area contributed by atoms with Crippen LogP contribution in [0.25, 0.3) is 0 Å². The summed E-state index contributed by atoms with van der Waals surface area (Å²) in [7, 11) is 0. The van der Waals surface area contributed by atoms with Crippen molar-refractivity contribution < 1.29 is 0 Å². The minimum Gasteiger partial charge on any atom is -0.0729 e. The van der Waals surface area contributed by atoms with Crippen molar-refractivity contribution in [1.82, 2.24) is 0 Å². The molecule has 0 aromatic carbocycles. The Morgan fingerprint density at radius 3 is 1.86 bits per heavy atom. The summed E-state index contributed by atoms with van der Waals surface area (Å²) in [6.07, 6.45) is 11.9. The van der Waals surface area contributed by atoms with E-state index in [-0.39, 0.29) is 0 Å². The van der Waals surface area contributed by atoms with Crippen molar-refractivity contribution in [3.8, 4) is 0 Å². The Morgan fingerprint density at radius 1 is 1.14 bits per heavy atom. The van der Waals surface area contributed by atoms with Gasteiger partial charge in [-0.05, 0) is 18.6 Å². The topological polar surface area (TPSA) is 0 Å². The molecule has 7 heavy (non-hydrogen) atoms. The quantitative estimate of drug-likeness (QED) is 0.421. The smallest absolute Gasteiger partial charge is 0.00328 e. The Morgan fingerprint density at radius 2 is 1.71 bits per heavy atom. The Labute approximate surface area is 43.5 Å². The Kier molecular flexibility index (Phi) is 0.498. The lowest BCUT2D eigenvalue weighted by molar-refractivity contribution is 0.718. The van der Waals surface area contributed by atoms with Crippen molar-refractivity contribution in [3.63, 3.8) is 0 Å². The molecule has 0 amide bonds. The first kappa shape index (κ1) is 3.48. The van der Waals surface area contributed by atoms with Crippen LogP contribution in [0.5, 0.6) is 0 Å². The number of fused-ring (bicyclic) bond motifs is 2. The van der Waals surface area contributed by atoms with E-state index in [1.807, 2.05) is 0 Å². The highest BCUT2D eigenvalue weighted by Gasteiger charge is 2.20. The summed E-state index contributed by atoms with van der Waals surface area (Å²) in [5.74, 6) is 1.26. The van der Waals surface area contributed by atoms with Crippen molar-refractivity contribution in [3.05, 3.63) is 24.3 Å². The molecule has 2 bridgehead atoms. The molecule has 0 nitrogen and oxygen atoms in total. The van der Waals surface area contributed by atoms with Crippen LogP contribution in [0, 0.1) is 24.0 Å². The van der Waals surface area contributed by atoms with Gasteiger partial charge in [0, 0.05) is 11.8 Å². The van der Waals surface area contributed by atoms with Crippen LogP contribution in [0.4, 0.5) is 0 Å². The molecule has 2 rings (SSSR count). The molecule has 2 radical (unpaired) electrons. The fourth-order valence-electron chi connectivity index (χ4n) is 1.12. The first-order chi connectivity index (χ1) is 3.45. The van der Waals surface area contributed by atoms with Crippen LogP contribution < -0.4 is 0 Å². The minimum atomic E-state index is 0.630. The van der Waals surface area contributed by atoms with E-state index in [4.69, 9.17) is 0 Å². The second-order valence-corrected chi connectivity index (χ2v) is 2.12. The van der Waals surface area contributed by atoms with E-state index in [1.54, 1.807) is 0 Å². The van der Waals surface area contributed by atoms with E-state index < -0.39 is 0 Å². The minimum absolute atomic E-state index is 0.630. The van der Waals surface area contributed by atoms with Gasteiger partial charge in [0.25, 0.3) is 0 Å². The number of allylic oxidation sites excluding steroid dienone is 4. The van der Waals surface area contributed by atoms with Gasteiger partial charge < -0.3 is 0 Å². The van der Waals surface area contributed by atoms with E-state index >= 15 is 0 Å². The lowest BCUT2D eigenvalue weighted by atomic mass is 10.2. The van der Waals surface area contributed by atoms with E-state index in [9.17, 15) is 0 Å². The highest BCUT2D eigenvalue weighted by Crippen LogP contribution is 2.30. The molecular formula is C7H6. The van der Waals surface area contributed by atoms with Crippen LogP contribution in [0.3, 0.4) is 0 Å². The lowest BCUT2D eigenvalue weighted by Crippen LogP contribution is -1.79. The molecule has 0 aromatic rings. The van der Waals surface area contributed by atoms with E-state index in [1.165, 1.54) is 6.42 Å². The van der Waals surface area contributed by atoms with Gasteiger partial charge in [-0.1, -0.05) is 12.2 Å². The Balaban J connectivity index is 2.38. The second-order valence-electron chi connectivity index (χ2n) is 2.12. The lowest BCUT2D eigenvalue weighted by Gasteiger charge is -1.87. The first-order valence-electron chi connectivity index (χ1n) is 2.64. The molecule has 0 fully saturated rings. The predicted octanol–water partition coefficient (Wildman–Crippen LogP) is 1.35. The fraction of sp³-hybridized carbons (Fsp3) is 0.429. The number of hydrogen-bond donors (Lipinski definition) is 0. The van der Waals surface area contributed by atoms with Gasteiger partial charge in [0.15, 0.2) is 0 Å². The average molecular weight is 90.1 g/mol. The largest absolute Gasteiger partial charge is 0.0729 e. The van der Waals surface area contributed by atoms with E-state index in [0.29, 0.717) is 11.8 Å². The summed E-state index contributed by atoms with van der Waals surface area (Å²) in [6, 6.07) is 0. The average Bonchev–Trinajstić information content (AvgIpc) is 2.22. The van der Waals surface area contributed by atoms with Gasteiger partial charge in [-0.15, -0.1) is 0 Å². The van der Waals surface area contributed by atoms with Gasteiger partial charge >= 0.3 is 0 Å². The zero-order valence-electron chi connectivity index (χ0n) is 4.02. The number of rotatable bonds is 0. The fourth-order valence-corrected chi connectivity index (χ4v) is 1.12. The van der Waals surface area contributed by atoms with Crippen LogP contribution in [0.2, 0.25) is 0 Å². The van der Waals surface area contributed by atoms with Gasteiger partial charge in [0.1, 0.15) is 0 Å². The standard InChI is InChI=1S/C7H6/c1-2-7-4-3-6(1)5-7/h1,4,6-7H,5H2. The third-order valence-electron chi connectivity index (χ3n) is 1.53. The highest BCUT2D eigenvalue weighted by molar-refractivity contribution is 5.13. The van der Waals surface area contributed by atoms with Crippen molar-refractivity contribution in [2.24, 2.45) is 11.8 Å². The van der Waals surface area contributed by atoms with Crippen molar-refractivity contribution in [2.75, 3.05) is 0 Å².